The molecule has 0 saturated carbocycles. The molecule has 0 fully saturated rings. The van der Waals surface area contributed by atoms with Crippen LogP contribution < -0.4 is 5.73 Å². The highest BCUT2D eigenvalue weighted by Gasteiger charge is 2.17. The smallest absolute Gasteiger partial charge is 0.0623 e. The van der Waals surface area contributed by atoms with Gasteiger partial charge in [-0.3, -0.25) is 0 Å². The van der Waals surface area contributed by atoms with Gasteiger partial charge in [0.05, 0.1) is 5.60 Å². The zero-order chi connectivity index (χ0) is 12.9. The summed E-state index contributed by atoms with van der Waals surface area (Å²) in [7, 11) is 1.75. The average Bonchev–Trinajstić information content (AvgIpc) is 2.27. The Hall–Kier alpha value is -0.380. The summed E-state index contributed by atoms with van der Waals surface area (Å²) >= 11 is 3.47. The van der Waals surface area contributed by atoms with E-state index in [1.165, 1.54) is 5.56 Å². The maximum atomic E-state index is 6.15. The highest BCUT2D eigenvalue weighted by molar-refractivity contribution is 9.10. The number of hydrogen-bond donors (Lipinski definition) is 1. The molecule has 0 aromatic heterocycles. The number of methoxy groups -OCH3 is 1. The molecule has 1 aromatic carbocycles. The van der Waals surface area contributed by atoms with E-state index in [1.54, 1.807) is 7.11 Å². The van der Waals surface area contributed by atoms with Crippen molar-refractivity contribution in [2.75, 3.05) is 7.11 Å². The molecular weight excluding hydrogens is 278 g/mol. The van der Waals surface area contributed by atoms with Crippen LogP contribution in [0.25, 0.3) is 0 Å². The predicted molar refractivity (Wildman–Crippen MR) is 76.1 cm³/mol. The van der Waals surface area contributed by atoms with Crippen molar-refractivity contribution >= 4 is 15.9 Å². The van der Waals surface area contributed by atoms with Crippen LogP contribution in [0.4, 0.5) is 0 Å². The van der Waals surface area contributed by atoms with Gasteiger partial charge in [0.2, 0.25) is 0 Å². The first kappa shape index (κ1) is 14.7. The summed E-state index contributed by atoms with van der Waals surface area (Å²) in [5, 5.41) is 0. The summed E-state index contributed by atoms with van der Waals surface area (Å²) in [4.78, 5) is 0. The van der Waals surface area contributed by atoms with Gasteiger partial charge in [0.15, 0.2) is 0 Å². The third-order valence-corrected chi connectivity index (χ3v) is 3.55. The second kappa shape index (κ2) is 6.53. The number of hydrogen-bond acceptors (Lipinski definition) is 2. The van der Waals surface area contributed by atoms with E-state index in [0.717, 1.165) is 23.7 Å². The molecule has 1 aromatic rings. The summed E-state index contributed by atoms with van der Waals surface area (Å²) in [5.41, 5.74) is 7.35. The van der Waals surface area contributed by atoms with E-state index < -0.39 is 0 Å². The standard InChI is InChI=1S/C14H22BrNO/c1-14(2,17-3)8-7-13(16)10-11-5-4-6-12(15)9-11/h4-6,9,13H,7-8,10,16H2,1-3H3. The van der Waals surface area contributed by atoms with Crippen molar-refractivity contribution in [1.29, 1.82) is 0 Å². The molecule has 1 rings (SSSR count). The molecule has 2 N–H and O–H groups in total. The van der Waals surface area contributed by atoms with Crippen LogP contribution in [0.5, 0.6) is 0 Å². The van der Waals surface area contributed by atoms with E-state index in [4.69, 9.17) is 10.5 Å². The molecule has 3 heteroatoms. The Labute approximate surface area is 113 Å². The van der Waals surface area contributed by atoms with E-state index in [-0.39, 0.29) is 11.6 Å². The number of nitrogens with two attached hydrogens (primary N) is 1. The van der Waals surface area contributed by atoms with Crippen molar-refractivity contribution in [1.82, 2.24) is 0 Å². The molecule has 0 spiro atoms. The Morgan fingerprint density at radius 1 is 1.41 bits per heavy atom. The molecule has 1 atom stereocenters. The number of ether oxygens (including phenoxy) is 1. The maximum absolute atomic E-state index is 6.15. The Morgan fingerprint density at radius 2 is 2.12 bits per heavy atom. The van der Waals surface area contributed by atoms with Gasteiger partial charge < -0.3 is 10.5 Å². The first-order valence-corrected chi connectivity index (χ1v) is 6.77. The first-order valence-electron chi connectivity index (χ1n) is 5.98. The Balaban J connectivity index is 2.42. The molecule has 1 unspecified atom stereocenters. The quantitative estimate of drug-likeness (QED) is 0.872. The summed E-state index contributed by atoms with van der Waals surface area (Å²) in [6, 6.07) is 8.51. The Bertz CT molecular complexity index is 352. The van der Waals surface area contributed by atoms with Crippen LogP contribution >= 0.6 is 15.9 Å². The minimum absolute atomic E-state index is 0.0745. The van der Waals surface area contributed by atoms with Crippen molar-refractivity contribution in [3.63, 3.8) is 0 Å². The fourth-order valence-corrected chi connectivity index (χ4v) is 2.15. The average molecular weight is 300 g/mol. The number of benzene rings is 1. The molecule has 0 amide bonds. The van der Waals surface area contributed by atoms with Gasteiger partial charge in [-0.2, -0.15) is 0 Å². The molecule has 0 aliphatic rings. The molecule has 17 heavy (non-hydrogen) atoms. The van der Waals surface area contributed by atoms with Crippen LogP contribution in [0.15, 0.2) is 28.7 Å². The van der Waals surface area contributed by atoms with Gasteiger partial charge in [0.25, 0.3) is 0 Å². The van der Waals surface area contributed by atoms with Gasteiger partial charge in [-0.15, -0.1) is 0 Å². The summed E-state index contributed by atoms with van der Waals surface area (Å²) < 4.78 is 6.50. The normalized spacial score (nSPS) is 13.7. The van der Waals surface area contributed by atoms with Gasteiger partial charge in [0.1, 0.15) is 0 Å². The highest BCUT2D eigenvalue weighted by Crippen LogP contribution is 2.18. The second-order valence-corrected chi connectivity index (χ2v) is 6.01. The van der Waals surface area contributed by atoms with Gasteiger partial charge in [0, 0.05) is 17.6 Å². The van der Waals surface area contributed by atoms with Crippen LogP contribution in [0.3, 0.4) is 0 Å². The van der Waals surface area contributed by atoms with Crippen molar-refractivity contribution in [2.45, 2.75) is 44.8 Å². The molecular formula is C14H22BrNO. The zero-order valence-electron chi connectivity index (χ0n) is 10.9. The predicted octanol–water partition coefficient (Wildman–Crippen LogP) is 3.52. The van der Waals surface area contributed by atoms with E-state index in [0.29, 0.717) is 0 Å². The van der Waals surface area contributed by atoms with Gasteiger partial charge >= 0.3 is 0 Å². The van der Waals surface area contributed by atoms with Gasteiger partial charge in [-0.25, -0.2) is 0 Å². The summed E-state index contributed by atoms with van der Waals surface area (Å²) in [6.07, 6.45) is 2.88. The zero-order valence-corrected chi connectivity index (χ0v) is 12.5. The SMILES string of the molecule is COC(C)(C)CCC(N)Cc1cccc(Br)c1. The lowest BCUT2D eigenvalue weighted by molar-refractivity contribution is 0.0125. The minimum Gasteiger partial charge on any atom is -0.379 e. The third kappa shape index (κ3) is 5.66. The molecule has 96 valence electrons. The lowest BCUT2D eigenvalue weighted by Crippen LogP contribution is -2.29. The van der Waals surface area contributed by atoms with E-state index in [2.05, 4.69) is 41.9 Å². The Kier molecular flexibility index (Phi) is 5.63. The van der Waals surface area contributed by atoms with Gasteiger partial charge in [-0.1, -0.05) is 28.1 Å². The Morgan fingerprint density at radius 3 is 2.71 bits per heavy atom. The number of rotatable bonds is 6. The van der Waals surface area contributed by atoms with Crippen LogP contribution in [0, 0.1) is 0 Å². The van der Waals surface area contributed by atoms with Gasteiger partial charge in [-0.05, 0) is 50.8 Å². The van der Waals surface area contributed by atoms with E-state index >= 15 is 0 Å². The van der Waals surface area contributed by atoms with Crippen molar-refractivity contribution < 1.29 is 4.74 Å². The van der Waals surface area contributed by atoms with E-state index in [1.807, 2.05) is 12.1 Å². The monoisotopic (exact) mass is 299 g/mol. The van der Waals surface area contributed by atoms with Crippen LogP contribution in [0.2, 0.25) is 0 Å². The lowest BCUT2D eigenvalue weighted by Gasteiger charge is -2.24. The van der Waals surface area contributed by atoms with Crippen molar-refractivity contribution in [3.05, 3.63) is 34.3 Å². The minimum atomic E-state index is -0.0745. The summed E-state index contributed by atoms with van der Waals surface area (Å²) in [5.74, 6) is 0. The third-order valence-electron chi connectivity index (χ3n) is 3.06. The fourth-order valence-electron chi connectivity index (χ4n) is 1.70. The van der Waals surface area contributed by atoms with Crippen LogP contribution in [-0.4, -0.2) is 18.8 Å². The van der Waals surface area contributed by atoms with Crippen molar-refractivity contribution in [3.8, 4) is 0 Å². The molecule has 0 aliphatic heterocycles. The molecule has 0 saturated heterocycles. The summed E-state index contributed by atoms with van der Waals surface area (Å²) in [6.45, 7) is 4.19. The maximum Gasteiger partial charge on any atom is 0.0623 e. The number of halogens is 1. The van der Waals surface area contributed by atoms with E-state index in [9.17, 15) is 0 Å². The lowest BCUT2D eigenvalue weighted by atomic mass is 9.96. The first-order chi connectivity index (χ1) is 7.93. The van der Waals surface area contributed by atoms with Crippen LogP contribution in [0.1, 0.15) is 32.3 Å². The molecule has 2 nitrogen and oxygen atoms in total. The molecule has 0 heterocycles. The molecule has 0 aliphatic carbocycles. The topological polar surface area (TPSA) is 35.2 Å². The molecule has 0 radical (unpaired) electrons. The fraction of sp³-hybridized carbons (Fsp3) is 0.571. The highest BCUT2D eigenvalue weighted by atomic mass is 79.9. The van der Waals surface area contributed by atoms with Crippen LogP contribution in [-0.2, 0) is 11.2 Å². The van der Waals surface area contributed by atoms with Crippen molar-refractivity contribution in [2.24, 2.45) is 5.73 Å². The molecule has 0 bridgehead atoms. The second-order valence-electron chi connectivity index (χ2n) is 5.10. The largest absolute Gasteiger partial charge is 0.379 e.